The van der Waals surface area contributed by atoms with Gasteiger partial charge in [-0.2, -0.15) is 0 Å². The van der Waals surface area contributed by atoms with E-state index in [-0.39, 0.29) is 17.9 Å². The molecule has 1 aliphatic heterocycles. The maximum atomic E-state index is 12.6. The molecule has 1 saturated heterocycles. The van der Waals surface area contributed by atoms with E-state index in [9.17, 15) is 13.2 Å². The second-order valence-corrected chi connectivity index (χ2v) is 8.00. The van der Waals surface area contributed by atoms with Crippen molar-refractivity contribution >= 4 is 15.9 Å². The van der Waals surface area contributed by atoms with Gasteiger partial charge in [0.15, 0.2) is 0 Å². The van der Waals surface area contributed by atoms with Crippen molar-refractivity contribution in [3.8, 4) is 0 Å². The van der Waals surface area contributed by atoms with Crippen molar-refractivity contribution < 1.29 is 13.2 Å². The fraction of sp³-hybridized carbons (Fsp3) is 0.643. The van der Waals surface area contributed by atoms with Crippen LogP contribution in [0.5, 0.6) is 0 Å². The molecule has 1 aliphatic carbocycles. The summed E-state index contributed by atoms with van der Waals surface area (Å²) in [7, 11) is -3.25. The van der Waals surface area contributed by atoms with Crippen LogP contribution >= 0.6 is 0 Å². The Morgan fingerprint density at radius 3 is 2.62 bits per heavy atom. The molecular weight excluding hydrogens is 290 g/mol. The third kappa shape index (κ3) is 3.13. The minimum absolute atomic E-state index is 0.0165. The molecule has 7 heteroatoms. The molecule has 1 aromatic heterocycles. The first-order valence-corrected chi connectivity index (χ1v) is 9.15. The van der Waals surface area contributed by atoms with Gasteiger partial charge in [-0.3, -0.25) is 4.79 Å². The van der Waals surface area contributed by atoms with Crippen molar-refractivity contribution in [2.24, 2.45) is 11.8 Å². The van der Waals surface area contributed by atoms with E-state index < -0.39 is 10.0 Å². The Morgan fingerprint density at radius 2 is 2.10 bits per heavy atom. The smallest absolute Gasteiger partial charge is 0.255 e. The van der Waals surface area contributed by atoms with Crippen LogP contribution in [0.2, 0.25) is 0 Å². The van der Waals surface area contributed by atoms with Crippen molar-refractivity contribution in [3.63, 3.8) is 0 Å². The zero-order valence-electron chi connectivity index (χ0n) is 12.3. The van der Waals surface area contributed by atoms with E-state index in [2.05, 4.69) is 9.71 Å². The highest BCUT2D eigenvalue weighted by Gasteiger charge is 2.44. The lowest BCUT2D eigenvalue weighted by molar-refractivity contribution is 0.0784. The molecule has 2 fully saturated rings. The summed E-state index contributed by atoms with van der Waals surface area (Å²) in [5.74, 6) is 0.773. The number of carbonyl (C=O) groups is 1. The van der Waals surface area contributed by atoms with Gasteiger partial charge in [0.1, 0.15) is 0 Å². The highest BCUT2D eigenvalue weighted by molar-refractivity contribution is 7.88. The lowest BCUT2D eigenvalue weighted by atomic mass is 9.99. The average Bonchev–Trinajstić information content (AvgIpc) is 3.01. The normalized spacial score (nSPS) is 26.3. The van der Waals surface area contributed by atoms with E-state index in [1.54, 1.807) is 17.2 Å². The number of nitrogens with one attached hydrogen (secondary N) is 2. The van der Waals surface area contributed by atoms with Gasteiger partial charge >= 0.3 is 0 Å². The second kappa shape index (κ2) is 5.14. The fourth-order valence-corrected chi connectivity index (χ4v) is 4.05. The van der Waals surface area contributed by atoms with Crippen LogP contribution < -0.4 is 4.72 Å². The van der Waals surface area contributed by atoms with E-state index in [4.69, 9.17) is 0 Å². The summed E-state index contributed by atoms with van der Waals surface area (Å²) in [6, 6.07) is 1.62. The third-order valence-corrected chi connectivity index (χ3v) is 5.16. The van der Waals surface area contributed by atoms with E-state index in [0.717, 1.165) is 18.5 Å². The summed E-state index contributed by atoms with van der Waals surface area (Å²) in [6.07, 6.45) is 5.20. The molecule has 2 N–H and O–H groups in total. The first-order valence-electron chi connectivity index (χ1n) is 7.25. The first-order chi connectivity index (χ1) is 9.85. The quantitative estimate of drug-likeness (QED) is 0.860. The van der Waals surface area contributed by atoms with Gasteiger partial charge in [-0.25, -0.2) is 13.1 Å². The Hall–Kier alpha value is -1.34. The Morgan fingerprint density at radius 1 is 1.38 bits per heavy atom. The van der Waals surface area contributed by atoms with Crippen molar-refractivity contribution in [2.75, 3.05) is 19.3 Å². The van der Waals surface area contributed by atoms with E-state index in [1.807, 2.05) is 6.92 Å². The number of aryl methyl sites for hydroxylation is 1. The summed E-state index contributed by atoms with van der Waals surface area (Å²) in [5, 5.41) is 0. The van der Waals surface area contributed by atoms with Crippen molar-refractivity contribution in [2.45, 2.75) is 25.8 Å². The highest BCUT2D eigenvalue weighted by Crippen LogP contribution is 2.41. The zero-order valence-corrected chi connectivity index (χ0v) is 13.1. The van der Waals surface area contributed by atoms with Crippen LogP contribution in [-0.2, 0) is 10.0 Å². The number of amides is 1. The SMILES string of the molecule is Cc1[nH]ccc1C(=O)N1C[C@@H](NS(C)(=O)=O)[C@H](C2CC2)C1. The molecule has 3 rings (SSSR count). The number of hydrogen-bond acceptors (Lipinski definition) is 3. The van der Waals surface area contributed by atoms with Crippen LogP contribution in [-0.4, -0.2) is 49.6 Å². The molecule has 116 valence electrons. The molecule has 2 aliphatic rings. The number of sulfonamides is 1. The third-order valence-electron chi connectivity index (χ3n) is 4.43. The van der Waals surface area contributed by atoms with Gasteiger partial charge in [-0.05, 0) is 37.7 Å². The molecule has 1 aromatic rings. The standard InChI is InChI=1S/C14H21N3O3S/c1-9-11(5-6-15-9)14(18)17-7-12(10-3-4-10)13(8-17)16-21(2,19)20/h5-6,10,12-13,15-16H,3-4,7-8H2,1-2H3/t12-,13+/m0/s1. The van der Waals surface area contributed by atoms with Crippen molar-refractivity contribution in [3.05, 3.63) is 23.5 Å². The minimum atomic E-state index is -3.25. The van der Waals surface area contributed by atoms with Crippen molar-refractivity contribution in [1.82, 2.24) is 14.6 Å². The average molecular weight is 311 g/mol. The van der Waals surface area contributed by atoms with Crippen LogP contribution in [0.1, 0.15) is 28.9 Å². The Labute approximate surface area is 125 Å². The van der Waals surface area contributed by atoms with Crippen LogP contribution in [0, 0.1) is 18.8 Å². The molecule has 0 unspecified atom stereocenters. The Bertz CT molecular complexity index is 648. The Kier molecular flexibility index (Phi) is 3.57. The number of H-pyrrole nitrogens is 1. The number of hydrogen-bond donors (Lipinski definition) is 2. The number of likely N-dealkylation sites (tertiary alicyclic amines) is 1. The van der Waals surface area contributed by atoms with Gasteiger partial charge in [0.25, 0.3) is 5.91 Å². The number of carbonyl (C=O) groups excluding carboxylic acids is 1. The fourth-order valence-electron chi connectivity index (χ4n) is 3.25. The molecule has 1 saturated carbocycles. The number of aromatic nitrogens is 1. The van der Waals surface area contributed by atoms with Gasteiger partial charge in [0.2, 0.25) is 10.0 Å². The van der Waals surface area contributed by atoms with Crippen LogP contribution in [0.15, 0.2) is 12.3 Å². The van der Waals surface area contributed by atoms with Gasteiger partial charge in [-0.15, -0.1) is 0 Å². The maximum absolute atomic E-state index is 12.6. The van der Waals surface area contributed by atoms with E-state index in [1.165, 1.54) is 6.26 Å². The molecule has 0 bridgehead atoms. The maximum Gasteiger partial charge on any atom is 0.255 e. The lowest BCUT2D eigenvalue weighted by Gasteiger charge is -2.17. The van der Waals surface area contributed by atoms with Crippen LogP contribution in [0.3, 0.4) is 0 Å². The topological polar surface area (TPSA) is 82.3 Å². The van der Waals surface area contributed by atoms with Crippen molar-refractivity contribution in [1.29, 1.82) is 0 Å². The molecule has 2 heterocycles. The molecule has 0 aromatic carbocycles. The molecule has 2 atom stereocenters. The zero-order chi connectivity index (χ0) is 15.2. The highest BCUT2D eigenvalue weighted by atomic mass is 32.2. The molecule has 1 amide bonds. The Balaban J connectivity index is 1.76. The first kappa shape index (κ1) is 14.6. The number of nitrogens with zero attached hydrogens (tertiary/aromatic N) is 1. The predicted octanol–water partition coefficient (Wildman–Crippen LogP) is 0.723. The molecular formula is C14H21N3O3S. The van der Waals surface area contributed by atoms with E-state index >= 15 is 0 Å². The summed E-state index contributed by atoms with van der Waals surface area (Å²) in [4.78, 5) is 17.3. The predicted molar refractivity (Wildman–Crippen MR) is 79.4 cm³/mol. The molecule has 0 radical (unpaired) electrons. The monoisotopic (exact) mass is 311 g/mol. The largest absolute Gasteiger partial charge is 0.365 e. The van der Waals surface area contributed by atoms with Crippen LogP contribution in [0.4, 0.5) is 0 Å². The van der Waals surface area contributed by atoms with Crippen LogP contribution in [0.25, 0.3) is 0 Å². The summed E-state index contributed by atoms with van der Waals surface area (Å²) in [5.41, 5.74) is 1.52. The van der Waals surface area contributed by atoms with Gasteiger partial charge in [-0.1, -0.05) is 0 Å². The summed E-state index contributed by atoms with van der Waals surface area (Å²) < 4.78 is 25.7. The summed E-state index contributed by atoms with van der Waals surface area (Å²) in [6.45, 7) is 2.97. The minimum Gasteiger partial charge on any atom is -0.365 e. The molecule has 6 nitrogen and oxygen atoms in total. The van der Waals surface area contributed by atoms with Gasteiger partial charge < -0.3 is 9.88 Å². The molecule has 21 heavy (non-hydrogen) atoms. The van der Waals surface area contributed by atoms with Gasteiger partial charge in [0.05, 0.1) is 11.8 Å². The lowest BCUT2D eigenvalue weighted by Crippen LogP contribution is -2.41. The number of aromatic amines is 1. The van der Waals surface area contributed by atoms with Gasteiger partial charge in [0, 0.05) is 31.0 Å². The van der Waals surface area contributed by atoms with E-state index in [0.29, 0.717) is 24.6 Å². The summed E-state index contributed by atoms with van der Waals surface area (Å²) >= 11 is 0. The second-order valence-electron chi connectivity index (χ2n) is 6.22. The number of rotatable bonds is 4. The molecule has 0 spiro atoms.